The summed E-state index contributed by atoms with van der Waals surface area (Å²) in [5.74, 6) is 3.01. The van der Waals surface area contributed by atoms with Gasteiger partial charge in [0.15, 0.2) is 0 Å². The first-order chi connectivity index (χ1) is 6.24. The molecule has 0 aliphatic heterocycles. The topological polar surface area (TPSA) is 0 Å². The number of unbranched alkanes of at least 4 members (excludes halogenated alkanes) is 1. The zero-order valence-electron chi connectivity index (χ0n) is 9.68. The lowest BCUT2D eigenvalue weighted by atomic mass is 9.86. The van der Waals surface area contributed by atoms with Crippen molar-refractivity contribution in [2.75, 3.05) is 0 Å². The molecule has 0 spiro atoms. The molecule has 1 aliphatic rings. The third kappa shape index (κ3) is 3.70. The number of hydrogen-bond donors (Lipinski definition) is 0. The molecule has 0 saturated heterocycles. The third-order valence-corrected chi connectivity index (χ3v) is 3.91. The van der Waals surface area contributed by atoms with Gasteiger partial charge in [-0.15, -0.1) is 0 Å². The van der Waals surface area contributed by atoms with Gasteiger partial charge in [0, 0.05) is 0 Å². The van der Waals surface area contributed by atoms with Crippen molar-refractivity contribution in [2.45, 2.75) is 65.7 Å². The van der Waals surface area contributed by atoms with Crippen molar-refractivity contribution in [1.82, 2.24) is 0 Å². The molecular weight excluding hydrogens is 156 g/mol. The molecule has 0 aromatic carbocycles. The van der Waals surface area contributed by atoms with Crippen LogP contribution in [0, 0.1) is 17.8 Å². The van der Waals surface area contributed by atoms with Crippen LogP contribution in [-0.2, 0) is 0 Å². The monoisotopic (exact) mass is 182 g/mol. The van der Waals surface area contributed by atoms with Crippen molar-refractivity contribution >= 4 is 0 Å². The van der Waals surface area contributed by atoms with E-state index in [0.29, 0.717) is 0 Å². The quantitative estimate of drug-likeness (QED) is 0.558. The zero-order valence-corrected chi connectivity index (χ0v) is 9.68. The minimum absolute atomic E-state index is 0.976. The van der Waals surface area contributed by atoms with E-state index in [2.05, 4.69) is 20.8 Å². The summed E-state index contributed by atoms with van der Waals surface area (Å²) in [5.41, 5.74) is 0. The second kappa shape index (κ2) is 5.67. The van der Waals surface area contributed by atoms with E-state index < -0.39 is 0 Å². The molecule has 1 fully saturated rings. The van der Waals surface area contributed by atoms with Gasteiger partial charge in [-0.25, -0.2) is 0 Å². The van der Waals surface area contributed by atoms with Crippen LogP contribution >= 0.6 is 0 Å². The Hall–Kier alpha value is 0. The van der Waals surface area contributed by atoms with Crippen LogP contribution in [-0.4, -0.2) is 0 Å². The van der Waals surface area contributed by atoms with E-state index >= 15 is 0 Å². The summed E-state index contributed by atoms with van der Waals surface area (Å²) in [6.07, 6.45) is 10.3. The molecule has 1 saturated carbocycles. The Kier molecular flexibility index (Phi) is 4.83. The van der Waals surface area contributed by atoms with Crippen LogP contribution in [0.2, 0.25) is 0 Å². The Morgan fingerprint density at radius 3 is 2.54 bits per heavy atom. The van der Waals surface area contributed by atoms with E-state index in [1.54, 1.807) is 0 Å². The first kappa shape index (κ1) is 11.1. The van der Waals surface area contributed by atoms with Gasteiger partial charge >= 0.3 is 0 Å². The fourth-order valence-corrected chi connectivity index (χ4v) is 2.64. The molecule has 3 unspecified atom stereocenters. The Labute approximate surface area is 84.1 Å². The van der Waals surface area contributed by atoms with Gasteiger partial charge in [0.1, 0.15) is 0 Å². The molecule has 3 atom stereocenters. The van der Waals surface area contributed by atoms with E-state index in [9.17, 15) is 0 Å². The van der Waals surface area contributed by atoms with Crippen LogP contribution in [0.5, 0.6) is 0 Å². The fraction of sp³-hybridized carbons (Fsp3) is 1.00. The first-order valence-electron chi connectivity index (χ1n) is 6.24. The third-order valence-electron chi connectivity index (χ3n) is 3.91. The van der Waals surface area contributed by atoms with Crippen LogP contribution in [0.4, 0.5) is 0 Å². The molecule has 0 nitrogen and oxygen atoms in total. The number of rotatable bonds is 3. The molecule has 0 N–H and O–H groups in total. The van der Waals surface area contributed by atoms with E-state index in [1.165, 1.54) is 44.9 Å². The SMILES string of the molecule is CCCCC1CCCC(C)C(C)C1. The van der Waals surface area contributed by atoms with Gasteiger partial charge < -0.3 is 0 Å². The first-order valence-corrected chi connectivity index (χ1v) is 6.24. The van der Waals surface area contributed by atoms with Crippen LogP contribution < -0.4 is 0 Å². The molecule has 13 heavy (non-hydrogen) atoms. The maximum atomic E-state index is 2.45. The molecule has 0 bridgehead atoms. The molecule has 0 amide bonds. The van der Waals surface area contributed by atoms with Crippen molar-refractivity contribution in [1.29, 1.82) is 0 Å². The van der Waals surface area contributed by atoms with Crippen molar-refractivity contribution in [3.63, 3.8) is 0 Å². The highest BCUT2D eigenvalue weighted by molar-refractivity contribution is 4.73. The van der Waals surface area contributed by atoms with Crippen LogP contribution in [0.25, 0.3) is 0 Å². The lowest BCUT2D eigenvalue weighted by molar-refractivity contribution is 0.317. The molecule has 78 valence electrons. The standard InChI is InChI=1S/C13H26/c1-4-5-8-13-9-6-7-11(2)12(3)10-13/h11-13H,4-10H2,1-3H3. The van der Waals surface area contributed by atoms with Crippen LogP contribution in [0.15, 0.2) is 0 Å². The smallest absolute Gasteiger partial charge is 0.0412 e. The predicted octanol–water partition coefficient (Wildman–Crippen LogP) is 4.64. The molecule has 0 aromatic rings. The highest BCUT2D eigenvalue weighted by Gasteiger charge is 2.21. The second-order valence-corrected chi connectivity index (χ2v) is 5.13. The van der Waals surface area contributed by atoms with Gasteiger partial charge in [0.2, 0.25) is 0 Å². The van der Waals surface area contributed by atoms with Crippen LogP contribution in [0.1, 0.15) is 65.7 Å². The molecular formula is C13H26. The summed E-state index contributed by atoms with van der Waals surface area (Å²) in [6, 6.07) is 0. The maximum Gasteiger partial charge on any atom is -0.0412 e. The maximum absolute atomic E-state index is 2.45. The highest BCUT2D eigenvalue weighted by atomic mass is 14.3. The summed E-state index contributed by atoms with van der Waals surface area (Å²) in [5, 5.41) is 0. The van der Waals surface area contributed by atoms with Gasteiger partial charge in [-0.1, -0.05) is 59.3 Å². The Morgan fingerprint density at radius 1 is 1.08 bits per heavy atom. The van der Waals surface area contributed by atoms with Gasteiger partial charge in [0.05, 0.1) is 0 Å². The van der Waals surface area contributed by atoms with E-state index in [1.807, 2.05) is 0 Å². The summed E-state index contributed by atoms with van der Waals surface area (Å²) < 4.78 is 0. The molecule has 0 aromatic heterocycles. The molecule has 0 radical (unpaired) electrons. The highest BCUT2D eigenvalue weighted by Crippen LogP contribution is 2.33. The second-order valence-electron chi connectivity index (χ2n) is 5.13. The van der Waals surface area contributed by atoms with Crippen molar-refractivity contribution in [3.05, 3.63) is 0 Å². The van der Waals surface area contributed by atoms with Crippen LogP contribution in [0.3, 0.4) is 0 Å². The zero-order chi connectivity index (χ0) is 9.68. The van der Waals surface area contributed by atoms with Crippen molar-refractivity contribution < 1.29 is 0 Å². The average Bonchev–Trinajstić information content (AvgIpc) is 2.26. The number of hydrogen-bond acceptors (Lipinski definition) is 0. The summed E-state index contributed by atoms with van der Waals surface area (Å²) in [6.45, 7) is 7.20. The summed E-state index contributed by atoms with van der Waals surface area (Å²) >= 11 is 0. The molecule has 1 rings (SSSR count). The van der Waals surface area contributed by atoms with E-state index in [-0.39, 0.29) is 0 Å². The summed E-state index contributed by atoms with van der Waals surface area (Å²) in [7, 11) is 0. The van der Waals surface area contributed by atoms with Crippen molar-refractivity contribution in [3.8, 4) is 0 Å². The Bertz CT molecular complexity index is 126. The van der Waals surface area contributed by atoms with Gasteiger partial charge in [-0.05, 0) is 24.2 Å². The largest absolute Gasteiger partial charge is 0.0654 e. The average molecular weight is 182 g/mol. The Morgan fingerprint density at radius 2 is 1.85 bits per heavy atom. The van der Waals surface area contributed by atoms with Gasteiger partial charge in [0.25, 0.3) is 0 Å². The molecule has 1 aliphatic carbocycles. The van der Waals surface area contributed by atoms with Gasteiger partial charge in [-0.2, -0.15) is 0 Å². The normalized spacial score (nSPS) is 35.8. The fourth-order valence-electron chi connectivity index (χ4n) is 2.64. The lowest BCUT2D eigenvalue weighted by Crippen LogP contribution is -2.09. The summed E-state index contributed by atoms with van der Waals surface area (Å²) in [4.78, 5) is 0. The van der Waals surface area contributed by atoms with E-state index in [0.717, 1.165) is 17.8 Å². The minimum atomic E-state index is 0.976. The van der Waals surface area contributed by atoms with E-state index in [4.69, 9.17) is 0 Å². The van der Waals surface area contributed by atoms with Gasteiger partial charge in [-0.3, -0.25) is 0 Å². The van der Waals surface area contributed by atoms with Crippen molar-refractivity contribution in [2.24, 2.45) is 17.8 Å². The molecule has 0 heterocycles. The Balaban J connectivity index is 2.31. The minimum Gasteiger partial charge on any atom is -0.0654 e. The predicted molar refractivity (Wildman–Crippen MR) is 59.8 cm³/mol. The molecule has 0 heteroatoms. The lowest BCUT2D eigenvalue weighted by Gasteiger charge is -2.19.